The van der Waals surface area contributed by atoms with Crippen molar-refractivity contribution in [2.75, 3.05) is 11.9 Å². The van der Waals surface area contributed by atoms with Gasteiger partial charge in [-0.25, -0.2) is 4.79 Å². The Bertz CT molecular complexity index is 673. The number of nitrogens with zero attached hydrogens (tertiary/aromatic N) is 2. The predicted molar refractivity (Wildman–Crippen MR) is 76.5 cm³/mol. The average Bonchev–Trinajstić information content (AvgIpc) is 2.48. The number of carboxylic acids is 1. The summed E-state index contributed by atoms with van der Waals surface area (Å²) >= 11 is 0. The third-order valence-electron chi connectivity index (χ3n) is 2.90. The van der Waals surface area contributed by atoms with Crippen LogP contribution in [0.4, 0.5) is 11.4 Å². The lowest BCUT2D eigenvalue weighted by molar-refractivity contribution is -0.384. The summed E-state index contributed by atoms with van der Waals surface area (Å²) in [6, 6.07) is 8.13. The lowest BCUT2D eigenvalue weighted by atomic mass is 10.1. The Morgan fingerprint density at radius 1 is 1.38 bits per heavy atom. The molecule has 0 aliphatic rings. The van der Waals surface area contributed by atoms with Crippen LogP contribution in [0, 0.1) is 10.1 Å². The molecule has 2 N–H and O–H groups in total. The summed E-state index contributed by atoms with van der Waals surface area (Å²) in [5, 5.41) is 22.7. The third kappa shape index (κ3) is 3.75. The highest BCUT2D eigenvalue weighted by atomic mass is 16.6. The smallest absolute Gasteiger partial charge is 0.335 e. The second-order valence-corrected chi connectivity index (χ2v) is 4.33. The summed E-state index contributed by atoms with van der Waals surface area (Å²) in [5.41, 5.74) is 1.38. The predicted octanol–water partition coefficient (Wildman–Crippen LogP) is 2.34. The maximum Gasteiger partial charge on any atom is 0.335 e. The van der Waals surface area contributed by atoms with Gasteiger partial charge in [-0.3, -0.25) is 15.1 Å². The van der Waals surface area contributed by atoms with Crippen LogP contribution in [-0.4, -0.2) is 27.5 Å². The van der Waals surface area contributed by atoms with Crippen molar-refractivity contribution in [2.24, 2.45) is 0 Å². The van der Waals surface area contributed by atoms with E-state index in [0.717, 1.165) is 5.56 Å². The van der Waals surface area contributed by atoms with Crippen molar-refractivity contribution in [1.82, 2.24) is 4.98 Å². The van der Waals surface area contributed by atoms with E-state index in [1.54, 1.807) is 12.1 Å². The van der Waals surface area contributed by atoms with E-state index in [-0.39, 0.29) is 11.3 Å². The SMILES string of the molecule is O=C(O)c1cccc(CCNc2ccncc2[N+](=O)[O-])c1. The number of aromatic nitrogens is 1. The van der Waals surface area contributed by atoms with E-state index in [1.165, 1.54) is 24.5 Å². The summed E-state index contributed by atoms with van der Waals surface area (Å²) in [6.07, 6.45) is 3.22. The van der Waals surface area contributed by atoms with Crippen LogP contribution in [0.1, 0.15) is 15.9 Å². The molecule has 0 aliphatic carbocycles. The van der Waals surface area contributed by atoms with Crippen molar-refractivity contribution in [3.63, 3.8) is 0 Å². The molecule has 2 rings (SSSR count). The molecule has 0 spiro atoms. The van der Waals surface area contributed by atoms with E-state index in [9.17, 15) is 14.9 Å². The van der Waals surface area contributed by atoms with Gasteiger partial charge in [0.15, 0.2) is 0 Å². The van der Waals surface area contributed by atoms with E-state index < -0.39 is 10.9 Å². The fourth-order valence-corrected chi connectivity index (χ4v) is 1.88. The number of pyridine rings is 1. The van der Waals surface area contributed by atoms with Crippen LogP contribution in [0.15, 0.2) is 42.7 Å². The number of hydrogen-bond acceptors (Lipinski definition) is 5. The number of nitrogens with one attached hydrogen (secondary N) is 1. The molecule has 2 aromatic rings. The van der Waals surface area contributed by atoms with E-state index in [4.69, 9.17) is 5.11 Å². The minimum Gasteiger partial charge on any atom is -0.478 e. The van der Waals surface area contributed by atoms with Crippen molar-refractivity contribution in [2.45, 2.75) is 6.42 Å². The van der Waals surface area contributed by atoms with Crippen molar-refractivity contribution < 1.29 is 14.8 Å². The van der Waals surface area contributed by atoms with Gasteiger partial charge in [-0.1, -0.05) is 12.1 Å². The molecule has 0 radical (unpaired) electrons. The molecule has 7 heteroatoms. The summed E-state index contributed by atoms with van der Waals surface area (Å²) < 4.78 is 0. The first-order valence-corrected chi connectivity index (χ1v) is 6.22. The monoisotopic (exact) mass is 287 g/mol. The highest BCUT2D eigenvalue weighted by Crippen LogP contribution is 2.21. The molecule has 0 amide bonds. The minimum atomic E-state index is -0.977. The molecule has 0 fully saturated rings. The van der Waals surface area contributed by atoms with Gasteiger partial charge in [0.2, 0.25) is 0 Å². The lowest BCUT2D eigenvalue weighted by Crippen LogP contribution is -2.07. The van der Waals surface area contributed by atoms with Crippen molar-refractivity contribution >= 4 is 17.3 Å². The van der Waals surface area contributed by atoms with Gasteiger partial charge in [-0.05, 0) is 30.2 Å². The van der Waals surface area contributed by atoms with Gasteiger partial charge < -0.3 is 10.4 Å². The lowest BCUT2D eigenvalue weighted by Gasteiger charge is -2.07. The topological polar surface area (TPSA) is 105 Å². The molecule has 0 bridgehead atoms. The van der Waals surface area contributed by atoms with Crippen LogP contribution in [0.5, 0.6) is 0 Å². The molecule has 21 heavy (non-hydrogen) atoms. The number of nitro groups is 1. The standard InChI is InChI=1S/C14H13N3O4/c18-14(19)11-3-1-2-10(8-11)4-7-16-12-5-6-15-9-13(12)17(20)21/h1-3,5-6,8-9H,4,7H2,(H,15,16)(H,18,19). The highest BCUT2D eigenvalue weighted by molar-refractivity contribution is 5.87. The van der Waals surface area contributed by atoms with Crippen LogP contribution >= 0.6 is 0 Å². The van der Waals surface area contributed by atoms with Crippen molar-refractivity contribution in [3.05, 3.63) is 64.0 Å². The Labute approximate surface area is 120 Å². The molecule has 108 valence electrons. The number of carboxylic acid groups (broad SMARTS) is 1. The molecule has 1 aromatic heterocycles. The van der Waals surface area contributed by atoms with Crippen LogP contribution in [0.25, 0.3) is 0 Å². The molecule has 0 aliphatic heterocycles. The molecule has 0 unspecified atom stereocenters. The van der Waals surface area contributed by atoms with Crippen molar-refractivity contribution in [3.8, 4) is 0 Å². The normalized spacial score (nSPS) is 10.1. The molecular weight excluding hydrogens is 274 g/mol. The number of hydrogen-bond donors (Lipinski definition) is 2. The Hall–Kier alpha value is -2.96. The zero-order chi connectivity index (χ0) is 15.2. The second kappa shape index (κ2) is 6.47. The minimum absolute atomic E-state index is 0.0863. The van der Waals surface area contributed by atoms with Gasteiger partial charge in [0.05, 0.1) is 10.5 Å². The Morgan fingerprint density at radius 3 is 2.90 bits per heavy atom. The van der Waals surface area contributed by atoms with Crippen LogP contribution in [-0.2, 0) is 6.42 Å². The largest absolute Gasteiger partial charge is 0.478 e. The highest BCUT2D eigenvalue weighted by Gasteiger charge is 2.12. The number of benzene rings is 1. The van der Waals surface area contributed by atoms with Gasteiger partial charge >= 0.3 is 11.7 Å². The number of aromatic carboxylic acids is 1. The molecule has 0 saturated heterocycles. The summed E-state index contributed by atoms with van der Waals surface area (Å²) in [7, 11) is 0. The molecule has 0 saturated carbocycles. The first kappa shape index (κ1) is 14.4. The molecular formula is C14H13N3O4. The molecule has 7 nitrogen and oxygen atoms in total. The van der Waals surface area contributed by atoms with Crippen molar-refractivity contribution in [1.29, 1.82) is 0 Å². The van der Waals surface area contributed by atoms with Gasteiger partial charge in [0.1, 0.15) is 11.9 Å². The fraction of sp³-hybridized carbons (Fsp3) is 0.143. The third-order valence-corrected chi connectivity index (χ3v) is 2.90. The van der Waals surface area contributed by atoms with E-state index in [1.807, 2.05) is 6.07 Å². The Morgan fingerprint density at radius 2 is 2.19 bits per heavy atom. The molecule has 1 aromatic carbocycles. The first-order chi connectivity index (χ1) is 10.1. The zero-order valence-corrected chi connectivity index (χ0v) is 11.0. The van der Waals surface area contributed by atoms with E-state index in [0.29, 0.717) is 18.7 Å². The number of anilines is 1. The first-order valence-electron chi connectivity index (χ1n) is 6.22. The average molecular weight is 287 g/mol. The summed E-state index contributed by atoms with van der Waals surface area (Å²) in [4.78, 5) is 24.9. The van der Waals surface area contributed by atoms with Crippen LogP contribution in [0.3, 0.4) is 0 Å². The van der Waals surface area contributed by atoms with Crippen LogP contribution in [0.2, 0.25) is 0 Å². The van der Waals surface area contributed by atoms with Gasteiger partial charge in [0.25, 0.3) is 0 Å². The second-order valence-electron chi connectivity index (χ2n) is 4.33. The zero-order valence-electron chi connectivity index (χ0n) is 11.0. The van der Waals surface area contributed by atoms with Gasteiger partial charge in [-0.15, -0.1) is 0 Å². The van der Waals surface area contributed by atoms with Gasteiger partial charge in [0, 0.05) is 12.7 Å². The van der Waals surface area contributed by atoms with Gasteiger partial charge in [-0.2, -0.15) is 0 Å². The van der Waals surface area contributed by atoms with E-state index in [2.05, 4.69) is 10.3 Å². The summed E-state index contributed by atoms with van der Waals surface area (Å²) in [6.45, 7) is 0.452. The summed E-state index contributed by atoms with van der Waals surface area (Å²) in [5.74, 6) is -0.977. The maximum absolute atomic E-state index is 10.9. The molecule has 0 atom stereocenters. The number of rotatable bonds is 6. The maximum atomic E-state index is 10.9. The Balaban J connectivity index is 2.00. The number of carbonyl (C=O) groups is 1. The Kier molecular flexibility index (Phi) is 4.45. The van der Waals surface area contributed by atoms with E-state index >= 15 is 0 Å². The quantitative estimate of drug-likeness (QED) is 0.624. The van der Waals surface area contributed by atoms with Crippen LogP contribution < -0.4 is 5.32 Å². The molecule has 1 heterocycles. The fourth-order valence-electron chi connectivity index (χ4n) is 1.88.